The lowest BCUT2D eigenvalue weighted by molar-refractivity contribution is -1.01. The van der Waals surface area contributed by atoms with E-state index >= 15 is 0 Å². The van der Waals surface area contributed by atoms with Gasteiger partial charge in [-0.05, 0) is 56.7 Å². The van der Waals surface area contributed by atoms with E-state index in [-0.39, 0.29) is 17.9 Å². The highest BCUT2D eigenvalue weighted by atomic mass is 16.2. The van der Waals surface area contributed by atoms with Gasteiger partial charge in [-0.3, -0.25) is 9.59 Å². The zero-order chi connectivity index (χ0) is 21.7. The molecule has 6 nitrogen and oxygen atoms in total. The van der Waals surface area contributed by atoms with Crippen molar-refractivity contribution in [2.75, 3.05) is 38.0 Å². The second kappa shape index (κ2) is 10.4. The summed E-state index contributed by atoms with van der Waals surface area (Å²) in [4.78, 5) is 27.9. The maximum absolute atomic E-state index is 12.8. The van der Waals surface area contributed by atoms with E-state index in [1.807, 2.05) is 19.1 Å². The maximum atomic E-state index is 12.8. The summed E-state index contributed by atoms with van der Waals surface area (Å²) < 4.78 is 0. The third-order valence-corrected chi connectivity index (χ3v) is 7.33. The van der Waals surface area contributed by atoms with Crippen LogP contribution in [-0.2, 0) is 9.59 Å². The Morgan fingerprint density at radius 2 is 1.80 bits per heavy atom. The Morgan fingerprint density at radius 3 is 2.50 bits per heavy atom. The number of quaternary nitrogens is 2. The van der Waals surface area contributed by atoms with E-state index < -0.39 is 0 Å². The lowest BCUT2D eigenvalue weighted by atomic mass is 9.86. The average molecular weight is 417 g/mol. The first-order valence-electron chi connectivity index (χ1n) is 11.7. The maximum Gasteiger partial charge on any atom is 0.279 e. The van der Waals surface area contributed by atoms with Gasteiger partial charge in [-0.1, -0.05) is 31.9 Å². The quantitative estimate of drug-likeness (QED) is 0.532. The Labute approximate surface area is 181 Å². The van der Waals surface area contributed by atoms with E-state index in [9.17, 15) is 9.59 Å². The molecule has 0 spiro atoms. The van der Waals surface area contributed by atoms with Gasteiger partial charge in [-0.25, -0.2) is 0 Å². The molecular weight excluding hydrogens is 376 g/mol. The second-order valence-corrected chi connectivity index (χ2v) is 9.48. The minimum atomic E-state index is -0.0237. The molecule has 1 aromatic carbocycles. The number of hydrogen-bond donors (Lipinski definition) is 4. The molecule has 30 heavy (non-hydrogen) atoms. The van der Waals surface area contributed by atoms with Gasteiger partial charge in [0.25, 0.3) is 11.8 Å². The number of aryl methyl sites for hydroxylation is 1. The SMILES string of the molecule is Cc1cccc(NC(=O)C[NH+]2CC[NH+]([C@@H](C)C(=O)N[C@H]3CCCC[C@@H]3C)CC2)c1C. The molecule has 0 bridgehead atoms. The summed E-state index contributed by atoms with van der Waals surface area (Å²) >= 11 is 0. The lowest BCUT2D eigenvalue weighted by Gasteiger charge is -2.34. The molecule has 0 unspecified atom stereocenters. The van der Waals surface area contributed by atoms with Crippen LogP contribution in [0.5, 0.6) is 0 Å². The van der Waals surface area contributed by atoms with Crippen molar-refractivity contribution in [1.29, 1.82) is 0 Å². The van der Waals surface area contributed by atoms with Crippen molar-refractivity contribution >= 4 is 17.5 Å². The first-order chi connectivity index (χ1) is 14.3. The van der Waals surface area contributed by atoms with E-state index in [1.54, 1.807) is 0 Å². The minimum Gasteiger partial charge on any atom is -0.348 e. The van der Waals surface area contributed by atoms with Crippen LogP contribution in [0.3, 0.4) is 0 Å². The summed E-state index contributed by atoms with van der Waals surface area (Å²) in [6, 6.07) is 6.32. The van der Waals surface area contributed by atoms with Crippen LogP contribution in [0.2, 0.25) is 0 Å². The van der Waals surface area contributed by atoms with Crippen LogP contribution in [0.15, 0.2) is 18.2 Å². The molecule has 1 aliphatic carbocycles. The molecule has 1 heterocycles. The van der Waals surface area contributed by atoms with Crippen molar-refractivity contribution in [3.63, 3.8) is 0 Å². The fraction of sp³-hybridized carbons (Fsp3) is 0.667. The first-order valence-corrected chi connectivity index (χ1v) is 11.7. The van der Waals surface area contributed by atoms with Gasteiger partial charge in [0.15, 0.2) is 12.6 Å². The van der Waals surface area contributed by atoms with Gasteiger partial charge in [0.2, 0.25) is 0 Å². The summed E-state index contributed by atoms with van der Waals surface area (Å²) in [5.74, 6) is 0.848. The van der Waals surface area contributed by atoms with Gasteiger partial charge in [-0.2, -0.15) is 0 Å². The van der Waals surface area contributed by atoms with Gasteiger partial charge in [0.05, 0.1) is 0 Å². The fourth-order valence-corrected chi connectivity index (χ4v) is 4.87. The molecule has 6 heteroatoms. The van der Waals surface area contributed by atoms with Gasteiger partial charge < -0.3 is 20.4 Å². The van der Waals surface area contributed by atoms with Gasteiger partial charge >= 0.3 is 0 Å². The van der Waals surface area contributed by atoms with Crippen molar-refractivity contribution < 1.29 is 19.4 Å². The zero-order valence-corrected chi connectivity index (χ0v) is 19.1. The molecule has 1 aromatic rings. The second-order valence-electron chi connectivity index (χ2n) is 9.48. The Bertz CT molecular complexity index is 743. The van der Waals surface area contributed by atoms with E-state index in [1.165, 1.54) is 34.6 Å². The predicted molar refractivity (Wildman–Crippen MR) is 120 cm³/mol. The van der Waals surface area contributed by atoms with Crippen LogP contribution in [0, 0.1) is 19.8 Å². The summed E-state index contributed by atoms with van der Waals surface area (Å²) in [7, 11) is 0. The molecule has 0 radical (unpaired) electrons. The van der Waals surface area contributed by atoms with Crippen molar-refractivity contribution in [3.05, 3.63) is 29.3 Å². The largest absolute Gasteiger partial charge is 0.348 e. The number of anilines is 1. The number of carbonyl (C=O) groups excluding carboxylic acids is 2. The third-order valence-electron chi connectivity index (χ3n) is 7.33. The van der Waals surface area contributed by atoms with Crippen LogP contribution in [0.1, 0.15) is 50.7 Å². The number of carbonyl (C=O) groups is 2. The molecule has 0 aromatic heterocycles. The Balaban J connectivity index is 1.43. The van der Waals surface area contributed by atoms with Gasteiger partial charge in [-0.15, -0.1) is 0 Å². The number of nitrogens with one attached hydrogen (secondary N) is 4. The third kappa shape index (κ3) is 5.82. The van der Waals surface area contributed by atoms with E-state index in [2.05, 4.69) is 37.5 Å². The zero-order valence-electron chi connectivity index (χ0n) is 19.1. The van der Waals surface area contributed by atoms with Crippen molar-refractivity contribution in [2.45, 2.75) is 65.5 Å². The Morgan fingerprint density at radius 1 is 1.10 bits per heavy atom. The monoisotopic (exact) mass is 416 g/mol. The lowest BCUT2D eigenvalue weighted by Crippen LogP contribution is -3.30. The highest BCUT2D eigenvalue weighted by Crippen LogP contribution is 2.23. The normalized spacial score (nSPS) is 27.9. The number of piperazine rings is 1. The minimum absolute atomic E-state index is 0.0237. The molecule has 1 saturated heterocycles. The van der Waals surface area contributed by atoms with Crippen molar-refractivity contribution in [1.82, 2.24) is 5.32 Å². The summed E-state index contributed by atoms with van der Waals surface area (Å²) in [5.41, 5.74) is 3.22. The molecule has 2 aliphatic rings. The smallest absolute Gasteiger partial charge is 0.279 e. The number of amides is 2. The van der Waals surface area contributed by atoms with E-state index in [0.717, 1.165) is 43.9 Å². The van der Waals surface area contributed by atoms with Crippen LogP contribution in [-0.4, -0.2) is 56.6 Å². The molecule has 166 valence electrons. The van der Waals surface area contributed by atoms with Crippen LogP contribution in [0.25, 0.3) is 0 Å². The molecule has 2 amide bonds. The molecule has 2 fully saturated rings. The van der Waals surface area contributed by atoms with Crippen LogP contribution < -0.4 is 20.4 Å². The fourth-order valence-electron chi connectivity index (χ4n) is 4.87. The topological polar surface area (TPSA) is 67.1 Å². The summed E-state index contributed by atoms with van der Waals surface area (Å²) in [5, 5.41) is 6.38. The average Bonchev–Trinajstić information content (AvgIpc) is 2.73. The molecule has 3 atom stereocenters. The molecular formula is C24H40N4O2+2. The highest BCUT2D eigenvalue weighted by Gasteiger charge is 2.33. The summed E-state index contributed by atoms with van der Waals surface area (Å²) in [6.45, 7) is 12.6. The van der Waals surface area contributed by atoms with Gasteiger partial charge in [0, 0.05) is 11.7 Å². The number of rotatable bonds is 6. The Kier molecular flexibility index (Phi) is 7.89. The highest BCUT2D eigenvalue weighted by molar-refractivity contribution is 5.92. The van der Waals surface area contributed by atoms with Crippen LogP contribution in [0.4, 0.5) is 5.69 Å². The molecule has 4 N–H and O–H groups in total. The Hall–Kier alpha value is -1.92. The summed E-state index contributed by atoms with van der Waals surface area (Å²) in [6.07, 6.45) is 4.85. The predicted octanol–water partition coefficient (Wildman–Crippen LogP) is 0.109. The van der Waals surface area contributed by atoms with E-state index in [0.29, 0.717) is 18.5 Å². The standard InChI is InChI=1S/C24H38N4O2/c1-17-9-7-11-22(19(17)3)25-23(29)16-27-12-14-28(15-13-27)20(4)24(30)26-21-10-6-5-8-18(21)2/h7,9,11,18,20-21H,5-6,8,10,12-16H2,1-4H3,(H,25,29)(H,26,30)/p+2/t18-,20-,21-/m0/s1. The first kappa shape index (κ1) is 22.8. The number of hydrogen-bond acceptors (Lipinski definition) is 2. The molecule has 1 saturated carbocycles. The molecule has 1 aliphatic heterocycles. The van der Waals surface area contributed by atoms with Crippen LogP contribution >= 0.6 is 0 Å². The van der Waals surface area contributed by atoms with Gasteiger partial charge in [0.1, 0.15) is 26.2 Å². The van der Waals surface area contributed by atoms with Crippen molar-refractivity contribution in [3.8, 4) is 0 Å². The van der Waals surface area contributed by atoms with Crippen molar-refractivity contribution in [2.24, 2.45) is 5.92 Å². The number of benzene rings is 1. The van der Waals surface area contributed by atoms with E-state index in [4.69, 9.17) is 0 Å². The molecule has 3 rings (SSSR count).